The lowest BCUT2D eigenvalue weighted by atomic mass is 10.0. The number of methoxy groups -OCH3 is 1. The van der Waals surface area contributed by atoms with Crippen molar-refractivity contribution in [2.45, 2.75) is 31.7 Å². The number of nitrogens with zero attached hydrogens (tertiary/aromatic N) is 1. The minimum Gasteiger partial charge on any atom is -0.496 e. The Kier molecular flexibility index (Phi) is 7.65. The van der Waals surface area contributed by atoms with Gasteiger partial charge >= 0.3 is 6.18 Å². The number of carbonyl (C=O) groups excluding carboxylic acids is 2. The number of para-hydroxylation sites is 1. The number of alkyl halides is 3. The lowest BCUT2D eigenvalue weighted by Crippen LogP contribution is -2.53. The Bertz CT molecular complexity index is 1350. The third-order valence-corrected chi connectivity index (χ3v) is 6.77. The summed E-state index contributed by atoms with van der Waals surface area (Å²) in [6.45, 7) is 1.02. The van der Waals surface area contributed by atoms with Crippen LogP contribution in [0.15, 0.2) is 53.0 Å². The van der Waals surface area contributed by atoms with E-state index in [9.17, 15) is 22.8 Å². The first kappa shape index (κ1) is 26.7. The molecule has 0 aromatic heterocycles. The number of amides is 2. The van der Waals surface area contributed by atoms with E-state index in [0.717, 1.165) is 21.3 Å². The molecule has 0 saturated carbocycles. The first-order chi connectivity index (χ1) is 17.5. The maximum absolute atomic E-state index is 13.9. The summed E-state index contributed by atoms with van der Waals surface area (Å²) in [6, 6.07) is 10.8. The number of ether oxygens (including phenoxy) is 2. The van der Waals surface area contributed by atoms with Crippen LogP contribution in [0.5, 0.6) is 11.5 Å². The predicted octanol–water partition coefficient (Wildman–Crippen LogP) is 4.65. The molecule has 0 spiro atoms. The van der Waals surface area contributed by atoms with Crippen LogP contribution in [0.3, 0.4) is 0 Å². The molecule has 0 radical (unpaired) electrons. The fraction of sp³-hybridized carbons (Fsp3) is 0.308. The van der Waals surface area contributed by atoms with Gasteiger partial charge in [0.15, 0.2) is 5.75 Å². The highest BCUT2D eigenvalue weighted by Crippen LogP contribution is 2.44. The van der Waals surface area contributed by atoms with E-state index < -0.39 is 48.0 Å². The number of rotatable bonds is 6. The van der Waals surface area contributed by atoms with E-state index in [1.54, 1.807) is 20.0 Å². The van der Waals surface area contributed by atoms with E-state index in [4.69, 9.17) is 9.47 Å². The zero-order valence-electron chi connectivity index (χ0n) is 20.3. The summed E-state index contributed by atoms with van der Waals surface area (Å²) in [6.07, 6.45) is -4.72. The van der Waals surface area contributed by atoms with Gasteiger partial charge in [-0.3, -0.25) is 9.59 Å². The van der Waals surface area contributed by atoms with E-state index >= 15 is 0 Å². The van der Waals surface area contributed by atoms with E-state index in [2.05, 4.69) is 26.6 Å². The van der Waals surface area contributed by atoms with Crippen molar-refractivity contribution >= 4 is 44.2 Å². The minimum absolute atomic E-state index is 0.0468. The van der Waals surface area contributed by atoms with Gasteiger partial charge < -0.3 is 25.0 Å². The van der Waals surface area contributed by atoms with Crippen LogP contribution in [0.4, 0.5) is 18.9 Å². The average Bonchev–Trinajstić information content (AvgIpc) is 2.99. The number of hydrogen-bond acceptors (Lipinski definition) is 5. The predicted molar refractivity (Wildman–Crippen MR) is 137 cm³/mol. The summed E-state index contributed by atoms with van der Waals surface area (Å²) < 4.78 is 53.7. The van der Waals surface area contributed by atoms with Crippen molar-refractivity contribution in [3.8, 4) is 11.5 Å². The number of likely N-dealkylation sites (N-methyl/N-ethyl adjacent to an activating group) is 1. The van der Waals surface area contributed by atoms with Crippen molar-refractivity contribution in [2.24, 2.45) is 0 Å². The molecule has 3 aromatic carbocycles. The van der Waals surface area contributed by atoms with Crippen LogP contribution in [-0.2, 0) is 22.3 Å². The summed E-state index contributed by atoms with van der Waals surface area (Å²) >= 11 is 3.44. The molecule has 11 heteroatoms. The molecule has 0 unspecified atom stereocenters. The first-order valence-corrected chi connectivity index (χ1v) is 12.2. The van der Waals surface area contributed by atoms with E-state index in [0.29, 0.717) is 11.3 Å². The highest BCUT2D eigenvalue weighted by molar-refractivity contribution is 9.10. The Labute approximate surface area is 220 Å². The Morgan fingerprint density at radius 3 is 2.68 bits per heavy atom. The van der Waals surface area contributed by atoms with Crippen molar-refractivity contribution < 1.29 is 32.2 Å². The topological polar surface area (TPSA) is 79.9 Å². The second-order valence-electron chi connectivity index (χ2n) is 8.57. The van der Waals surface area contributed by atoms with E-state index in [1.807, 2.05) is 24.3 Å². The standard InChI is InChI=1S/C26H25BrF3N3O4/c1-14(31-2)24(34)32-20-13-37-23-19(26(28,29)30)5-4-6-21(23)33(25(20)35)12-18-17-9-8-16(27)11-15(17)7-10-22(18)36-3/h4-11,14,20,31H,12-13H2,1-3H3,(H,32,34)/t14-,20-/m0/s1. The van der Waals surface area contributed by atoms with Crippen molar-refractivity contribution in [3.05, 3.63) is 64.1 Å². The lowest BCUT2D eigenvalue weighted by Gasteiger charge is -2.27. The average molecular weight is 580 g/mol. The molecule has 0 fully saturated rings. The molecule has 196 valence electrons. The van der Waals surface area contributed by atoms with Crippen molar-refractivity contribution in [1.82, 2.24) is 10.6 Å². The van der Waals surface area contributed by atoms with Gasteiger partial charge in [0.25, 0.3) is 5.91 Å². The maximum atomic E-state index is 13.9. The molecule has 1 aliphatic heterocycles. The fourth-order valence-electron chi connectivity index (χ4n) is 4.21. The number of hydrogen-bond donors (Lipinski definition) is 2. The van der Waals surface area contributed by atoms with Crippen LogP contribution in [-0.4, -0.2) is 44.7 Å². The molecular formula is C26H25BrF3N3O4. The van der Waals surface area contributed by atoms with Gasteiger partial charge in [0.05, 0.1) is 30.9 Å². The van der Waals surface area contributed by atoms with Crippen molar-refractivity contribution in [3.63, 3.8) is 0 Å². The molecule has 0 aliphatic carbocycles. The molecule has 4 rings (SSSR count). The Morgan fingerprint density at radius 1 is 1.24 bits per heavy atom. The molecule has 7 nitrogen and oxygen atoms in total. The highest BCUT2D eigenvalue weighted by Gasteiger charge is 2.40. The molecule has 2 N–H and O–H groups in total. The third-order valence-electron chi connectivity index (χ3n) is 6.28. The van der Waals surface area contributed by atoms with E-state index in [-0.39, 0.29) is 12.2 Å². The molecule has 0 bridgehead atoms. The number of fused-ring (bicyclic) bond motifs is 2. The second kappa shape index (κ2) is 10.6. The molecule has 1 aliphatic rings. The smallest absolute Gasteiger partial charge is 0.420 e. The molecule has 2 amide bonds. The number of halogens is 4. The maximum Gasteiger partial charge on any atom is 0.420 e. The Balaban J connectivity index is 1.86. The van der Waals surface area contributed by atoms with Crippen molar-refractivity contribution in [2.75, 3.05) is 25.7 Å². The summed E-state index contributed by atoms with van der Waals surface area (Å²) in [5.41, 5.74) is -0.457. The number of nitrogens with one attached hydrogen (secondary N) is 2. The molecular weight excluding hydrogens is 555 g/mol. The number of anilines is 1. The van der Waals surface area contributed by atoms with Crippen LogP contribution >= 0.6 is 15.9 Å². The van der Waals surface area contributed by atoms with Crippen molar-refractivity contribution in [1.29, 1.82) is 0 Å². The quantitative estimate of drug-likeness (QED) is 0.444. The summed E-state index contributed by atoms with van der Waals surface area (Å²) in [7, 11) is 3.06. The zero-order valence-corrected chi connectivity index (χ0v) is 21.9. The SMILES string of the molecule is CN[C@@H](C)C(=O)N[C@H]1COc2c(cccc2C(F)(F)F)N(Cc2c(OC)ccc3cc(Br)ccc23)C1=O. The van der Waals surface area contributed by atoms with Gasteiger partial charge in [-0.15, -0.1) is 0 Å². The minimum atomic E-state index is -4.72. The molecule has 0 saturated heterocycles. The highest BCUT2D eigenvalue weighted by atomic mass is 79.9. The van der Waals surface area contributed by atoms with Gasteiger partial charge in [-0.1, -0.05) is 34.1 Å². The van der Waals surface area contributed by atoms with Gasteiger partial charge in [0.1, 0.15) is 18.4 Å². The molecule has 2 atom stereocenters. The van der Waals surface area contributed by atoms with Crippen LogP contribution in [0.25, 0.3) is 10.8 Å². The van der Waals surface area contributed by atoms with Crippen LogP contribution in [0.2, 0.25) is 0 Å². The molecule has 3 aromatic rings. The van der Waals surface area contributed by atoms with Gasteiger partial charge in [0.2, 0.25) is 5.91 Å². The monoisotopic (exact) mass is 579 g/mol. The first-order valence-electron chi connectivity index (χ1n) is 11.4. The number of carbonyl (C=O) groups is 2. The molecule has 37 heavy (non-hydrogen) atoms. The Morgan fingerprint density at radius 2 is 2.00 bits per heavy atom. The van der Waals surface area contributed by atoms with Gasteiger partial charge in [-0.05, 0) is 55.1 Å². The summed E-state index contributed by atoms with van der Waals surface area (Å²) in [4.78, 5) is 27.6. The largest absolute Gasteiger partial charge is 0.496 e. The van der Waals surface area contributed by atoms with E-state index in [1.165, 1.54) is 24.1 Å². The summed E-state index contributed by atoms with van der Waals surface area (Å²) in [5.74, 6) is -1.10. The third kappa shape index (κ3) is 5.37. The van der Waals surface area contributed by atoms with Gasteiger partial charge in [-0.25, -0.2) is 0 Å². The summed E-state index contributed by atoms with van der Waals surface area (Å²) in [5, 5.41) is 6.99. The second-order valence-corrected chi connectivity index (χ2v) is 9.49. The van der Waals surface area contributed by atoms with Crippen LogP contribution in [0.1, 0.15) is 18.1 Å². The van der Waals surface area contributed by atoms with Gasteiger partial charge in [-0.2, -0.15) is 13.2 Å². The fourth-order valence-corrected chi connectivity index (χ4v) is 4.59. The van der Waals surface area contributed by atoms with Gasteiger partial charge in [0, 0.05) is 10.0 Å². The molecule has 1 heterocycles. The number of benzene rings is 3. The van der Waals surface area contributed by atoms with Crippen LogP contribution in [0, 0.1) is 0 Å². The zero-order chi connectivity index (χ0) is 26.9. The Hall–Kier alpha value is -3.31. The lowest BCUT2D eigenvalue weighted by molar-refractivity contribution is -0.139. The van der Waals surface area contributed by atoms with Crippen LogP contribution < -0.4 is 25.0 Å². The normalized spacial score (nSPS) is 16.6.